The van der Waals surface area contributed by atoms with Crippen LogP contribution in [0.4, 0.5) is 0 Å². The third-order valence-electron chi connectivity index (χ3n) is 2.07. The van der Waals surface area contributed by atoms with Crippen molar-refractivity contribution in [2.24, 2.45) is 0 Å². The molecule has 1 heterocycles. The monoisotopic (exact) mass is 231 g/mol. The third kappa shape index (κ3) is 6.13. The Labute approximate surface area is 93.9 Å². The number of likely N-dealkylation sites (tertiary alicyclic amines) is 1. The highest BCUT2D eigenvalue weighted by molar-refractivity contribution is 5.80. The highest BCUT2D eigenvalue weighted by Gasteiger charge is 2.24. The van der Waals surface area contributed by atoms with Crippen LogP contribution in [0.15, 0.2) is 0 Å². The Hall–Kier alpha value is -1.43. The fourth-order valence-corrected chi connectivity index (χ4v) is 1.34. The minimum absolute atomic E-state index is 0.0298. The summed E-state index contributed by atoms with van der Waals surface area (Å²) in [5.41, 5.74) is 0. The molecular weight excluding hydrogens is 214 g/mol. The largest absolute Gasteiger partial charge is 0.481 e. The van der Waals surface area contributed by atoms with Gasteiger partial charge in [0, 0.05) is 19.5 Å². The summed E-state index contributed by atoms with van der Waals surface area (Å²) < 4.78 is 0. The number of aliphatic carboxylic acids is 1. The molecule has 16 heavy (non-hydrogen) atoms. The van der Waals surface area contributed by atoms with E-state index < -0.39 is 12.1 Å². The number of aldehydes is 1. The lowest BCUT2D eigenvalue weighted by Gasteiger charge is -2.14. The van der Waals surface area contributed by atoms with Crippen molar-refractivity contribution in [2.45, 2.75) is 32.3 Å². The van der Waals surface area contributed by atoms with Gasteiger partial charge in [-0.1, -0.05) is 0 Å². The molecule has 0 aromatic rings. The number of nitrogens with zero attached hydrogens (tertiary/aromatic N) is 1. The molecule has 1 aliphatic rings. The predicted molar refractivity (Wildman–Crippen MR) is 55.8 cm³/mol. The van der Waals surface area contributed by atoms with Crippen LogP contribution in [0, 0.1) is 0 Å². The molecule has 0 aromatic heterocycles. The van der Waals surface area contributed by atoms with Crippen LogP contribution in [0.25, 0.3) is 0 Å². The van der Waals surface area contributed by atoms with Gasteiger partial charge < -0.3 is 19.9 Å². The number of aliphatic hydroxyl groups is 1. The number of carbonyl (C=O) groups excluding carboxylic acids is 2. The lowest BCUT2D eigenvalue weighted by Crippen LogP contribution is -2.29. The lowest BCUT2D eigenvalue weighted by molar-refractivity contribution is -0.140. The van der Waals surface area contributed by atoms with Gasteiger partial charge >= 0.3 is 5.97 Å². The molecule has 0 bridgehead atoms. The Morgan fingerprint density at radius 2 is 2.00 bits per heavy atom. The molecule has 1 saturated heterocycles. The molecule has 0 aliphatic carbocycles. The van der Waals surface area contributed by atoms with Crippen LogP contribution in [0.1, 0.15) is 26.2 Å². The average molecular weight is 231 g/mol. The summed E-state index contributed by atoms with van der Waals surface area (Å²) in [4.78, 5) is 31.7. The van der Waals surface area contributed by atoms with E-state index in [2.05, 4.69) is 0 Å². The minimum atomic E-state index is -0.965. The predicted octanol–water partition coefficient (Wildman–Crippen LogP) is -0.350. The Kier molecular flexibility index (Phi) is 7.11. The first-order chi connectivity index (χ1) is 7.51. The van der Waals surface area contributed by atoms with E-state index >= 15 is 0 Å². The van der Waals surface area contributed by atoms with E-state index in [4.69, 9.17) is 15.0 Å². The fourth-order valence-electron chi connectivity index (χ4n) is 1.34. The van der Waals surface area contributed by atoms with Gasteiger partial charge in [-0.2, -0.15) is 0 Å². The van der Waals surface area contributed by atoms with Gasteiger partial charge in [0.1, 0.15) is 6.29 Å². The number of hydrogen-bond donors (Lipinski definition) is 2. The van der Waals surface area contributed by atoms with E-state index in [-0.39, 0.29) is 18.7 Å². The molecule has 1 fully saturated rings. The number of aliphatic hydroxyl groups excluding tert-OH is 1. The van der Waals surface area contributed by atoms with Crippen molar-refractivity contribution < 1.29 is 24.6 Å². The number of carboxylic acids is 1. The fraction of sp³-hybridized carbons (Fsp3) is 0.700. The molecule has 0 saturated carbocycles. The van der Waals surface area contributed by atoms with Gasteiger partial charge in [-0.25, -0.2) is 0 Å². The van der Waals surface area contributed by atoms with Gasteiger partial charge in [-0.05, 0) is 13.3 Å². The Morgan fingerprint density at radius 3 is 2.38 bits per heavy atom. The zero-order valence-corrected chi connectivity index (χ0v) is 9.26. The van der Waals surface area contributed by atoms with E-state index in [1.807, 2.05) is 0 Å². The molecule has 2 N–H and O–H groups in total. The second-order valence-corrected chi connectivity index (χ2v) is 3.41. The van der Waals surface area contributed by atoms with Gasteiger partial charge in [0.2, 0.25) is 5.91 Å². The molecule has 6 nitrogen and oxygen atoms in total. The van der Waals surface area contributed by atoms with Crippen LogP contribution < -0.4 is 0 Å². The molecule has 0 aromatic carbocycles. The van der Waals surface area contributed by atoms with Crippen molar-refractivity contribution in [1.82, 2.24) is 4.90 Å². The molecule has 1 amide bonds. The van der Waals surface area contributed by atoms with Crippen LogP contribution in [0.3, 0.4) is 0 Å². The van der Waals surface area contributed by atoms with Gasteiger partial charge in [0.15, 0.2) is 0 Å². The van der Waals surface area contributed by atoms with Gasteiger partial charge in [0.25, 0.3) is 0 Å². The van der Waals surface area contributed by atoms with Crippen molar-refractivity contribution in [1.29, 1.82) is 0 Å². The number of amides is 1. The van der Waals surface area contributed by atoms with E-state index in [1.54, 1.807) is 0 Å². The van der Waals surface area contributed by atoms with E-state index in [1.165, 1.54) is 11.8 Å². The Bertz CT molecular complexity index is 254. The van der Waals surface area contributed by atoms with Crippen molar-refractivity contribution >= 4 is 18.2 Å². The molecule has 1 rings (SSSR count). The summed E-state index contributed by atoms with van der Waals surface area (Å²) in [5, 5.41) is 17.5. The number of hydrogen-bond acceptors (Lipinski definition) is 4. The second kappa shape index (κ2) is 7.81. The molecular formula is C10H17NO5. The maximum atomic E-state index is 11.2. The number of carbonyl (C=O) groups is 3. The quantitative estimate of drug-likeness (QED) is 0.647. The summed E-state index contributed by atoms with van der Waals surface area (Å²) in [5.74, 6) is -1.15. The minimum Gasteiger partial charge on any atom is -0.481 e. The summed E-state index contributed by atoms with van der Waals surface area (Å²) in [6, 6.07) is 0. The van der Waals surface area contributed by atoms with E-state index in [0.29, 0.717) is 19.5 Å². The topological polar surface area (TPSA) is 94.9 Å². The lowest BCUT2D eigenvalue weighted by atomic mass is 10.3. The van der Waals surface area contributed by atoms with Crippen molar-refractivity contribution in [2.75, 3.05) is 13.1 Å². The van der Waals surface area contributed by atoms with Crippen LogP contribution in [0.2, 0.25) is 0 Å². The molecule has 1 atom stereocenters. The van der Waals surface area contributed by atoms with Gasteiger partial charge in [-0.3, -0.25) is 9.59 Å². The molecule has 1 unspecified atom stereocenters. The standard InChI is InChI=1S/C8H13NO4.C2H4O/c10-6-3-4-9(5-6)7(11)1-2-8(12)13;1-2-3/h6,10H,1-5H2,(H,12,13);2H,1H3. The van der Waals surface area contributed by atoms with Crippen molar-refractivity contribution in [3.63, 3.8) is 0 Å². The van der Waals surface area contributed by atoms with Crippen molar-refractivity contribution in [3.05, 3.63) is 0 Å². The molecule has 0 spiro atoms. The van der Waals surface area contributed by atoms with Crippen LogP contribution in [0.5, 0.6) is 0 Å². The van der Waals surface area contributed by atoms with Crippen LogP contribution in [-0.2, 0) is 14.4 Å². The zero-order valence-electron chi connectivity index (χ0n) is 9.26. The molecule has 6 heteroatoms. The number of carboxylic acid groups (broad SMARTS) is 1. The van der Waals surface area contributed by atoms with Gasteiger partial charge in [0.05, 0.1) is 12.5 Å². The molecule has 0 radical (unpaired) electrons. The SMILES string of the molecule is CC=O.O=C(O)CCC(=O)N1CCC(O)C1. The second-order valence-electron chi connectivity index (χ2n) is 3.41. The summed E-state index contributed by atoms with van der Waals surface area (Å²) in [6.45, 7) is 2.33. The Morgan fingerprint density at radius 1 is 1.44 bits per heavy atom. The summed E-state index contributed by atoms with van der Waals surface area (Å²) >= 11 is 0. The van der Waals surface area contributed by atoms with Crippen LogP contribution >= 0.6 is 0 Å². The highest BCUT2D eigenvalue weighted by atomic mass is 16.4. The number of rotatable bonds is 3. The summed E-state index contributed by atoms with van der Waals surface area (Å²) in [7, 11) is 0. The van der Waals surface area contributed by atoms with E-state index in [0.717, 1.165) is 6.29 Å². The maximum absolute atomic E-state index is 11.2. The maximum Gasteiger partial charge on any atom is 0.303 e. The highest BCUT2D eigenvalue weighted by Crippen LogP contribution is 2.10. The normalized spacial score (nSPS) is 18.6. The third-order valence-corrected chi connectivity index (χ3v) is 2.07. The van der Waals surface area contributed by atoms with Crippen molar-refractivity contribution in [3.8, 4) is 0 Å². The first-order valence-electron chi connectivity index (χ1n) is 5.08. The molecule has 92 valence electrons. The zero-order chi connectivity index (χ0) is 12.6. The smallest absolute Gasteiger partial charge is 0.303 e. The van der Waals surface area contributed by atoms with Crippen LogP contribution in [-0.4, -0.2) is 52.5 Å². The molecule has 1 aliphatic heterocycles. The Balaban J connectivity index is 0.000000673. The number of β-amino-alcohol motifs (C(OH)–C–C–N with tert-alkyl or cyclic N) is 1. The van der Waals surface area contributed by atoms with Gasteiger partial charge in [-0.15, -0.1) is 0 Å². The average Bonchev–Trinajstić information content (AvgIpc) is 2.62. The first-order valence-corrected chi connectivity index (χ1v) is 5.08. The van der Waals surface area contributed by atoms with E-state index in [9.17, 15) is 9.59 Å². The summed E-state index contributed by atoms with van der Waals surface area (Å²) in [6.07, 6.45) is 0.806. The first kappa shape index (κ1) is 14.6.